The van der Waals surface area contributed by atoms with Crippen molar-refractivity contribution in [2.45, 2.75) is 13.8 Å². The topological polar surface area (TPSA) is 58.6 Å². The summed E-state index contributed by atoms with van der Waals surface area (Å²) in [5.74, 6) is 0.174. The average molecular weight is 347 g/mol. The van der Waals surface area contributed by atoms with Crippen LogP contribution in [-0.2, 0) is 9.59 Å². The number of methoxy groups -OCH3 is 1. The minimum atomic E-state index is -0.297. The van der Waals surface area contributed by atoms with E-state index in [4.69, 9.17) is 16.3 Å². The van der Waals surface area contributed by atoms with Crippen LogP contribution in [0.2, 0.25) is 5.02 Å². The molecule has 2 amide bonds. The summed E-state index contributed by atoms with van der Waals surface area (Å²) in [4.78, 5) is 25.7. The minimum Gasteiger partial charge on any atom is -0.497 e. The quantitative estimate of drug-likeness (QED) is 0.899. The van der Waals surface area contributed by atoms with Gasteiger partial charge in [0.05, 0.1) is 7.11 Å². The zero-order chi connectivity index (χ0) is 17.7. The highest BCUT2D eigenvalue weighted by atomic mass is 35.5. The van der Waals surface area contributed by atoms with Crippen molar-refractivity contribution in [3.05, 3.63) is 53.1 Å². The van der Waals surface area contributed by atoms with Crippen molar-refractivity contribution in [1.29, 1.82) is 0 Å². The number of carbonyl (C=O) groups excluding carboxylic acids is 2. The summed E-state index contributed by atoms with van der Waals surface area (Å²) >= 11 is 6.11. The van der Waals surface area contributed by atoms with Gasteiger partial charge in [-0.25, -0.2) is 0 Å². The Balaban J connectivity index is 2.13. The van der Waals surface area contributed by atoms with Crippen molar-refractivity contribution in [2.75, 3.05) is 23.9 Å². The Labute approximate surface area is 146 Å². The summed E-state index contributed by atoms with van der Waals surface area (Å²) in [6.07, 6.45) is 0. The average Bonchev–Trinajstić information content (AvgIpc) is 2.56. The Bertz CT molecular complexity index is 744. The van der Waals surface area contributed by atoms with Gasteiger partial charge in [0.15, 0.2) is 0 Å². The Hall–Kier alpha value is -2.53. The second-order valence-corrected chi connectivity index (χ2v) is 5.67. The number of carbonyl (C=O) groups is 2. The zero-order valence-electron chi connectivity index (χ0n) is 13.8. The number of halogens is 1. The standard InChI is InChI=1S/C18H19ClN2O3/c1-12-16(19)5-4-6-17(12)21(13(2)22)11-18(23)20-14-7-9-15(24-3)10-8-14/h4-10H,11H2,1-3H3,(H,20,23). The van der Waals surface area contributed by atoms with E-state index in [2.05, 4.69) is 5.32 Å². The van der Waals surface area contributed by atoms with E-state index >= 15 is 0 Å². The highest BCUT2D eigenvalue weighted by Crippen LogP contribution is 2.26. The number of hydrogen-bond acceptors (Lipinski definition) is 3. The second-order valence-electron chi connectivity index (χ2n) is 5.27. The molecule has 5 nitrogen and oxygen atoms in total. The molecule has 24 heavy (non-hydrogen) atoms. The van der Waals surface area contributed by atoms with Crippen LogP contribution in [0.15, 0.2) is 42.5 Å². The fourth-order valence-electron chi connectivity index (χ4n) is 2.27. The summed E-state index contributed by atoms with van der Waals surface area (Å²) in [5.41, 5.74) is 2.01. The maximum absolute atomic E-state index is 12.3. The third-order valence-corrected chi connectivity index (χ3v) is 3.99. The predicted molar refractivity (Wildman–Crippen MR) is 95.8 cm³/mol. The number of nitrogens with one attached hydrogen (secondary N) is 1. The maximum atomic E-state index is 12.3. The van der Waals surface area contributed by atoms with Crippen molar-refractivity contribution in [2.24, 2.45) is 0 Å². The third-order valence-electron chi connectivity index (χ3n) is 3.59. The van der Waals surface area contributed by atoms with Gasteiger partial charge in [-0.05, 0) is 48.9 Å². The van der Waals surface area contributed by atoms with Crippen LogP contribution in [0.4, 0.5) is 11.4 Å². The lowest BCUT2D eigenvalue weighted by atomic mass is 10.1. The molecular formula is C18H19ClN2O3. The molecule has 2 aromatic carbocycles. The van der Waals surface area contributed by atoms with Gasteiger partial charge < -0.3 is 15.0 Å². The number of hydrogen-bond donors (Lipinski definition) is 1. The normalized spacial score (nSPS) is 10.2. The first-order chi connectivity index (χ1) is 11.4. The molecule has 0 aromatic heterocycles. The van der Waals surface area contributed by atoms with Crippen LogP contribution in [-0.4, -0.2) is 25.5 Å². The van der Waals surface area contributed by atoms with Crippen molar-refractivity contribution in [1.82, 2.24) is 0 Å². The second kappa shape index (κ2) is 7.84. The van der Waals surface area contributed by atoms with Crippen molar-refractivity contribution < 1.29 is 14.3 Å². The van der Waals surface area contributed by atoms with E-state index in [1.54, 1.807) is 49.6 Å². The summed E-state index contributed by atoms with van der Waals surface area (Å²) in [5, 5.41) is 3.31. The monoisotopic (exact) mass is 346 g/mol. The van der Waals surface area contributed by atoms with Gasteiger partial charge in [0.1, 0.15) is 12.3 Å². The molecule has 1 N–H and O–H groups in total. The summed E-state index contributed by atoms with van der Waals surface area (Å²) in [6, 6.07) is 12.2. The Kier molecular flexibility index (Phi) is 5.82. The van der Waals surface area contributed by atoms with Gasteiger partial charge in [0.2, 0.25) is 11.8 Å². The predicted octanol–water partition coefficient (Wildman–Crippen LogP) is 3.65. The highest BCUT2D eigenvalue weighted by molar-refractivity contribution is 6.31. The fraction of sp³-hybridized carbons (Fsp3) is 0.222. The summed E-state index contributed by atoms with van der Waals surface area (Å²) in [7, 11) is 1.58. The lowest BCUT2D eigenvalue weighted by Crippen LogP contribution is -2.37. The molecule has 0 fully saturated rings. The molecule has 0 unspecified atom stereocenters. The SMILES string of the molecule is COc1ccc(NC(=O)CN(C(C)=O)c2cccc(Cl)c2C)cc1. The molecule has 0 saturated carbocycles. The molecule has 0 heterocycles. The van der Waals surface area contributed by atoms with Crippen molar-refractivity contribution in [3.8, 4) is 5.75 Å². The Morgan fingerprint density at radius 1 is 1.17 bits per heavy atom. The molecule has 0 spiro atoms. The molecule has 0 saturated heterocycles. The number of rotatable bonds is 5. The Morgan fingerprint density at radius 3 is 2.42 bits per heavy atom. The molecular weight excluding hydrogens is 328 g/mol. The smallest absolute Gasteiger partial charge is 0.244 e. The van der Waals surface area contributed by atoms with E-state index in [1.807, 2.05) is 6.92 Å². The molecule has 0 aliphatic rings. The van der Waals surface area contributed by atoms with Crippen molar-refractivity contribution >= 4 is 34.8 Å². The fourth-order valence-corrected chi connectivity index (χ4v) is 2.44. The maximum Gasteiger partial charge on any atom is 0.244 e. The van der Waals surface area contributed by atoms with Gasteiger partial charge >= 0.3 is 0 Å². The zero-order valence-corrected chi connectivity index (χ0v) is 14.6. The van der Waals surface area contributed by atoms with Gasteiger partial charge in [-0.3, -0.25) is 9.59 Å². The van der Waals surface area contributed by atoms with Gasteiger partial charge in [0, 0.05) is 23.3 Å². The van der Waals surface area contributed by atoms with Gasteiger partial charge in [-0.2, -0.15) is 0 Å². The molecule has 126 valence electrons. The van der Waals surface area contributed by atoms with Crippen LogP contribution in [0.25, 0.3) is 0 Å². The molecule has 0 aliphatic carbocycles. The largest absolute Gasteiger partial charge is 0.497 e. The van der Waals surface area contributed by atoms with E-state index in [-0.39, 0.29) is 18.4 Å². The number of benzene rings is 2. The van der Waals surface area contributed by atoms with Gasteiger partial charge in [-0.1, -0.05) is 17.7 Å². The third kappa shape index (κ3) is 4.26. The minimum absolute atomic E-state index is 0.0947. The van der Waals surface area contributed by atoms with E-state index in [9.17, 15) is 9.59 Å². The first-order valence-corrected chi connectivity index (χ1v) is 7.77. The highest BCUT2D eigenvalue weighted by Gasteiger charge is 2.18. The van der Waals surface area contributed by atoms with Crippen LogP contribution in [0.5, 0.6) is 5.75 Å². The first-order valence-electron chi connectivity index (χ1n) is 7.39. The molecule has 6 heteroatoms. The van der Waals surface area contributed by atoms with Crippen LogP contribution < -0.4 is 15.0 Å². The van der Waals surface area contributed by atoms with Crippen LogP contribution in [0.1, 0.15) is 12.5 Å². The molecule has 0 atom stereocenters. The number of amides is 2. The molecule has 0 aliphatic heterocycles. The summed E-state index contributed by atoms with van der Waals surface area (Å²) < 4.78 is 5.07. The van der Waals surface area contributed by atoms with Gasteiger partial charge in [-0.15, -0.1) is 0 Å². The van der Waals surface area contributed by atoms with Crippen LogP contribution >= 0.6 is 11.6 Å². The van der Waals surface area contributed by atoms with E-state index < -0.39 is 0 Å². The van der Waals surface area contributed by atoms with Crippen LogP contribution in [0, 0.1) is 6.92 Å². The molecule has 2 rings (SSSR count). The Morgan fingerprint density at radius 2 is 1.83 bits per heavy atom. The molecule has 0 bridgehead atoms. The van der Waals surface area contributed by atoms with E-state index in [1.165, 1.54) is 11.8 Å². The van der Waals surface area contributed by atoms with Crippen LogP contribution in [0.3, 0.4) is 0 Å². The van der Waals surface area contributed by atoms with Crippen molar-refractivity contribution in [3.63, 3.8) is 0 Å². The molecule has 0 radical (unpaired) electrons. The first kappa shape index (κ1) is 17.8. The lowest BCUT2D eigenvalue weighted by Gasteiger charge is -2.23. The molecule has 2 aromatic rings. The number of nitrogens with zero attached hydrogens (tertiary/aromatic N) is 1. The number of ether oxygens (including phenoxy) is 1. The van der Waals surface area contributed by atoms with Gasteiger partial charge in [0.25, 0.3) is 0 Å². The van der Waals surface area contributed by atoms with E-state index in [0.717, 1.165) is 5.56 Å². The summed E-state index contributed by atoms with van der Waals surface area (Å²) in [6.45, 7) is 3.14. The van der Waals surface area contributed by atoms with E-state index in [0.29, 0.717) is 22.1 Å². The lowest BCUT2D eigenvalue weighted by molar-refractivity contribution is -0.120. The number of anilines is 2.